The topological polar surface area (TPSA) is 136 Å². The first-order valence-corrected chi connectivity index (χ1v) is 7.41. The monoisotopic (exact) mass is 413 g/mol. The lowest BCUT2D eigenvalue weighted by Gasteiger charge is -2.27. The number of nitro groups is 1. The molecular formula is C12H11ClF3N5O6. The number of hydrogen-bond acceptors (Lipinski definition) is 9. The highest BCUT2D eigenvalue weighted by molar-refractivity contribution is 6.93. The summed E-state index contributed by atoms with van der Waals surface area (Å²) in [6.45, 7) is 4.36. The largest absolute Gasteiger partial charge is 0.491 e. The molecule has 0 saturated heterocycles. The molecule has 15 heteroatoms. The third-order valence-electron chi connectivity index (χ3n) is 2.79. The van der Waals surface area contributed by atoms with Crippen molar-refractivity contribution in [3.63, 3.8) is 0 Å². The first-order valence-electron chi connectivity index (χ1n) is 7.04. The van der Waals surface area contributed by atoms with Crippen LogP contribution in [0.1, 0.15) is 20.8 Å². The van der Waals surface area contributed by atoms with Crippen LogP contribution in [0.2, 0.25) is 0 Å². The van der Waals surface area contributed by atoms with Crippen molar-refractivity contribution in [2.45, 2.75) is 45.2 Å². The van der Waals surface area contributed by atoms with Gasteiger partial charge in [0, 0.05) is 0 Å². The lowest BCUT2D eigenvalue weighted by molar-refractivity contribution is -0.518. The number of carbonyl (C=O) groups is 2. The van der Waals surface area contributed by atoms with Gasteiger partial charge >= 0.3 is 24.5 Å². The zero-order valence-corrected chi connectivity index (χ0v) is 14.6. The van der Waals surface area contributed by atoms with E-state index >= 15 is 0 Å². The molecule has 0 aromatic heterocycles. The van der Waals surface area contributed by atoms with Crippen LogP contribution in [0, 0.1) is 10.1 Å². The smallest absolute Gasteiger partial charge is 0.443 e. The maximum atomic E-state index is 12.5. The molecule has 2 aliphatic heterocycles. The van der Waals surface area contributed by atoms with Crippen molar-refractivity contribution in [3.05, 3.63) is 10.1 Å². The van der Waals surface area contributed by atoms with Gasteiger partial charge in [-0.1, -0.05) is 11.6 Å². The van der Waals surface area contributed by atoms with Crippen molar-refractivity contribution < 1.29 is 37.2 Å². The summed E-state index contributed by atoms with van der Waals surface area (Å²) in [7, 11) is 0. The van der Waals surface area contributed by atoms with E-state index in [-0.39, 0.29) is 0 Å². The number of amides is 1. The van der Waals surface area contributed by atoms with Crippen LogP contribution >= 0.6 is 11.6 Å². The number of carbonyl (C=O) groups excluding carboxylic acids is 2. The van der Waals surface area contributed by atoms with Crippen molar-refractivity contribution in [1.29, 1.82) is 0 Å². The number of rotatable bonds is 2. The zero-order valence-electron chi connectivity index (χ0n) is 13.9. The molecule has 148 valence electrons. The highest BCUT2D eigenvalue weighted by atomic mass is 35.5. The second-order valence-corrected chi connectivity index (χ2v) is 6.42. The second kappa shape index (κ2) is 6.75. The Labute approximate surface area is 153 Å². The summed E-state index contributed by atoms with van der Waals surface area (Å²) in [6, 6.07) is 0. The summed E-state index contributed by atoms with van der Waals surface area (Å²) in [5.41, 5.74) is -1.56. The van der Waals surface area contributed by atoms with Crippen LogP contribution in [-0.2, 0) is 14.3 Å². The van der Waals surface area contributed by atoms with Crippen molar-refractivity contribution in [2.24, 2.45) is 15.0 Å². The van der Waals surface area contributed by atoms with Crippen molar-refractivity contribution in [1.82, 2.24) is 4.90 Å². The van der Waals surface area contributed by atoms with Crippen LogP contribution in [-0.4, -0.2) is 63.0 Å². The Bertz CT molecular complexity index is 787. The normalized spacial score (nSPS) is 22.3. The Morgan fingerprint density at radius 1 is 1.22 bits per heavy atom. The fourth-order valence-corrected chi connectivity index (χ4v) is 2.06. The van der Waals surface area contributed by atoms with Crippen LogP contribution < -0.4 is 0 Å². The number of aliphatic imine (C=N–C) groups is 3. The lowest BCUT2D eigenvalue weighted by Crippen LogP contribution is -2.48. The summed E-state index contributed by atoms with van der Waals surface area (Å²) >= 11 is 5.74. The van der Waals surface area contributed by atoms with Crippen LogP contribution in [0.15, 0.2) is 15.0 Å². The fourth-order valence-electron chi connectivity index (χ4n) is 1.84. The van der Waals surface area contributed by atoms with Gasteiger partial charge in [-0.15, -0.1) is 0 Å². The van der Waals surface area contributed by atoms with Gasteiger partial charge in [-0.2, -0.15) is 23.2 Å². The van der Waals surface area contributed by atoms with Crippen LogP contribution in [0.5, 0.6) is 0 Å². The van der Waals surface area contributed by atoms with E-state index in [9.17, 15) is 32.9 Å². The molecule has 0 N–H and O–H groups in total. The van der Waals surface area contributed by atoms with Gasteiger partial charge in [0.1, 0.15) is 11.3 Å². The number of halogens is 4. The van der Waals surface area contributed by atoms with Gasteiger partial charge in [-0.05, 0) is 20.8 Å². The zero-order chi connectivity index (χ0) is 20.7. The van der Waals surface area contributed by atoms with Gasteiger partial charge in [0.2, 0.25) is 0 Å². The van der Waals surface area contributed by atoms with E-state index < -0.39 is 58.1 Å². The van der Waals surface area contributed by atoms with Gasteiger partial charge in [-0.25, -0.2) is 19.5 Å². The van der Waals surface area contributed by atoms with Gasteiger partial charge in [0.25, 0.3) is 6.35 Å². The SMILES string of the molecule is CC(C)(C)OC(=O)N1C2=N[C@@H]([N+](=O)[O-])N=C(Cl)C2=NC1OC(=O)C(F)(F)F. The molecule has 0 radical (unpaired) electrons. The Balaban J connectivity index is 2.44. The maximum absolute atomic E-state index is 12.5. The molecule has 1 amide bonds. The molecule has 0 saturated carbocycles. The van der Waals surface area contributed by atoms with E-state index in [1.807, 2.05) is 0 Å². The molecule has 0 fully saturated rings. The third kappa shape index (κ3) is 4.50. The molecule has 0 aromatic rings. The number of nitrogens with zero attached hydrogens (tertiary/aromatic N) is 5. The van der Waals surface area contributed by atoms with Gasteiger partial charge in [0.15, 0.2) is 11.0 Å². The highest BCUT2D eigenvalue weighted by Gasteiger charge is 2.50. The average molecular weight is 414 g/mol. The van der Waals surface area contributed by atoms with E-state index in [0.29, 0.717) is 4.90 Å². The predicted molar refractivity (Wildman–Crippen MR) is 82.9 cm³/mol. The third-order valence-corrected chi connectivity index (χ3v) is 3.06. The standard InChI is InChI=1S/C12H11ClF3N5O6/c1-11(2,3)27-10(23)20-6-4(5(13)18-8(19-6)21(24)25)17-9(20)26-7(22)12(14,15)16/h8-9H,1-3H3/t8-,9?/m0/s1. The van der Waals surface area contributed by atoms with Gasteiger partial charge in [-0.3, -0.25) is 10.1 Å². The Morgan fingerprint density at radius 2 is 1.81 bits per heavy atom. The molecule has 2 heterocycles. The predicted octanol–water partition coefficient (Wildman–Crippen LogP) is 1.68. The molecule has 0 aromatic carbocycles. The number of fused-ring (bicyclic) bond motifs is 1. The first-order chi connectivity index (χ1) is 12.2. The number of amidine groups is 1. The van der Waals surface area contributed by atoms with Gasteiger partial charge < -0.3 is 9.47 Å². The minimum Gasteiger partial charge on any atom is -0.443 e. The van der Waals surface area contributed by atoms with Crippen LogP contribution in [0.3, 0.4) is 0 Å². The summed E-state index contributed by atoms with van der Waals surface area (Å²) < 4.78 is 46.6. The average Bonchev–Trinajstić information content (AvgIpc) is 2.83. The van der Waals surface area contributed by atoms with Crippen molar-refractivity contribution in [3.8, 4) is 0 Å². The quantitative estimate of drug-likeness (QED) is 0.383. The molecule has 1 unspecified atom stereocenters. The van der Waals surface area contributed by atoms with E-state index in [4.69, 9.17) is 16.3 Å². The summed E-state index contributed by atoms with van der Waals surface area (Å²) in [4.78, 5) is 44.2. The molecule has 0 bridgehead atoms. The van der Waals surface area contributed by atoms with E-state index in [1.165, 1.54) is 20.8 Å². The van der Waals surface area contributed by atoms with E-state index in [0.717, 1.165) is 0 Å². The fraction of sp³-hybridized carbons (Fsp3) is 0.583. The molecule has 0 aliphatic carbocycles. The number of ether oxygens (including phenoxy) is 2. The Morgan fingerprint density at radius 3 is 2.30 bits per heavy atom. The number of hydrogen-bond donors (Lipinski definition) is 0. The molecule has 2 rings (SSSR count). The molecule has 2 atom stereocenters. The first kappa shape index (κ1) is 20.5. The lowest BCUT2D eigenvalue weighted by atomic mass is 10.2. The molecular weight excluding hydrogens is 403 g/mol. The summed E-state index contributed by atoms with van der Waals surface area (Å²) in [6.07, 6.45) is -10.8. The molecule has 0 spiro atoms. The Hall–Kier alpha value is -2.77. The number of alkyl halides is 3. The summed E-state index contributed by atoms with van der Waals surface area (Å²) in [5, 5.41) is 10.3. The molecule has 27 heavy (non-hydrogen) atoms. The number of esters is 1. The Kier molecular flexibility index (Phi) is 5.14. The van der Waals surface area contributed by atoms with E-state index in [2.05, 4.69) is 19.7 Å². The van der Waals surface area contributed by atoms with Crippen molar-refractivity contribution >= 4 is 40.4 Å². The summed E-state index contributed by atoms with van der Waals surface area (Å²) in [5.74, 6) is -3.26. The van der Waals surface area contributed by atoms with Crippen LogP contribution in [0.25, 0.3) is 0 Å². The highest BCUT2D eigenvalue weighted by Crippen LogP contribution is 2.26. The maximum Gasteiger partial charge on any atom is 0.491 e. The van der Waals surface area contributed by atoms with Crippen molar-refractivity contribution in [2.75, 3.05) is 0 Å². The van der Waals surface area contributed by atoms with Gasteiger partial charge in [0.05, 0.1) is 4.92 Å². The van der Waals surface area contributed by atoms with Crippen LogP contribution in [0.4, 0.5) is 18.0 Å². The van der Waals surface area contributed by atoms with E-state index in [1.54, 1.807) is 0 Å². The second-order valence-electron chi connectivity index (χ2n) is 6.06. The molecule has 2 aliphatic rings. The molecule has 11 nitrogen and oxygen atoms in total. The minimum atomic E-state index is -5.38. The minimum absolute atomic E-state index is 0.317.